The number of carbonyl (C=O) groups excluding carboxylic acids is 1. The summed E-state index contributed by atoms with van der Waals surface area (Å²) in [7, 11) is 1.75. The number of aromatic nitrogens is 2. The first-order chi connectivity index (χ1) is 9.27. The number of nitrogens with zero attached hydrogens (tertiary/aromatic N) is 2. The first-order valence-electron chi connectivity index (χ1n) is 6.55. The van der Waals surface area contributed by atoms with E-state index in [0.717, 1.165) is 12.8 Å². The minimum atomic E-state index is -0.159. The van der Waals surface area contributed by atoms with E-state index < -0.39 is 0 Å². The number of thioether (sulfide) groups is 1. The number of anilines is 1. The number of nitrogens with one attached hydrogen (secondary N) is 2. The molecule has 106 valence electrons. The molecule has 0 fully saturated rings. The van der Waals surface area contributed by atoms with Crippen LogP contribution in [0, 0.1) is 0 Å². The van der Waals surface area contributed by atoms with Crippen molar-refractivity contribution in [2.45, 2.75) is 25.7 Å². The van der Waals surface area contributed by atoms with Crippen LogP contribution in [0.1, 0.15) is 36.2 Å². The van der Waals surface area contributed by atoms with Gasteiger partial charge in [0.25, 0.3) is 5.91 Å². The lowest BCUT2D eigenvalue weighted by Gasteiger charge is -2.05. The Morgan fingerprint density at radius 1 is 1.26 bits per heavy atom. The molecule has 0 aliphatic rings. The van der Waals surface area contributed by atoms with Gasteiger partial charge >= 0.3 is 0 Å². The molecule has 0 aliphatic carbocycles. The van der Waals surface area contributed by atoms with Crippen LogP contribution >= 0.6 is 11.8 Å². The zero-order chi connectivity index (χ0) is 13.9. The molecule has 0 spiro atoms. The van der Waals surface area contributed by atoms with E-state index in [9.17, 15) is 4.79 Å². The van der Waals surface area contributed by atoms with Crippen LogP contribution < -0.4 is 10.6 Å². The van der Waals surface area contributed by atoms with Crippen molar-refractivity contribution in [2.75, 3.05) is 30.9 Å². The molecule has 2 N–H and O–H groups in total. The van der Waals surface area contributed by atoms with Crippen molar-refractivity contribution in [3.63, 3.8) is 0 Å². The summed E-state index contributed by atoms with van der Waals surface area (Å²) in [5, 5.41) is 5.73. The maximum atomic E-state index is 11.8. The van der Waals surface area contributed by atoms with Crippen LogP contribution in [0.5, 0.6) is 0 Å². The molecule has 0 bridgehead atoms. The third-order valence-electron chi connectivity index (χ3n) is 2.68. The Hall–Kier alpha value is -1.30. The van der Waals surface area contributed by atoms with Crippen molar-refractivity contribution in [2.24, 2.45) is 0 Å². The Morgan fingerprint density at radius 3 is 2.79 bits per heavy atom. The fourth-order valence-electron chi connectivity index (χ4n) is 1.61. The highest BCUT2D eigenvalue weighted by Crippen LogP contribution is 2.04. The van der Waals surface area contributed by atoms with Crippen molar-refractivity contribution >= 4 is 23.5 Å². The van der Waals surface area contributed by atoms with Crippen LogP contribution in [0.15, 0.2) is 12.4 Å². The van der Waals surface area contributed by atoms with E-state index in [0.29, 0.717) is 18.1 Å². The summed E-state index contributed by atoms with van der Waals surface area (Å²) in [6, 6.07) is 0. The third kappa shape index (κ3) is 6.42. The first kappa shape index (κ1) is 15.8. The summed E-state index contributed by atoms with van der Waals surface area (Å²) in [6.07, 6.45) is 9.84. The molecule has 0 saturated heterocycles. The molecule has 0 unspecified atom stereocenters. The van der Waals surface area contributed by atoms with Gasteiger partial charge in [0.1, 0.15) is 11.5 Å². The smallest absolute Gasteiger partial charge is 0.271 e. The first-order valence-corrected chi connectivity index (χ1v) is 7.94. The maximum absolute atomic E-state index is 11.8. The van der Waals surface area contributed by atoms with E-state index in [2.05, 4.69) is 26.9 Å². The van der Waals surface area contributed by atoms with Crippen LogP contribution in [0.4, 0.5) is 5.82 Å². The second-order valence-corrected chi connectivity index (χ2v) is 5.19. The van der Waals surface area contributed by atoms with E-state index in [1.807, 2.05) is 11.8 Å². The van der Waals surface area contributed by atoms with Crippen LogP contribution in [0.2, 0.25) is 0 Å². The molecule has 1 aromatic heterocycles. The van der Waals surface area contributed by atoms with Gasteiger partial charge < -0.3 is 10.6 Å². The van der Waals surface area contributed by atoms with Gasteiger partial charge in [-0.25, -0.2) is 4.98 Å². The minimum absolute atomic E-state index is 0.159. The number of rotatable bonds is 9. The van der Waals surface area contributed by atoms with Gasteiger partial charge in [-0.05, 0) is 24.9 Å². The fraction of sp³-hybridized carbons (Fsp3) is 0.615. The number of unbranched alkanes of at least 4 members (excludes halogenated alkanes) is 3. The predicted molar refractivity (Wildman–Crippen MR) is 80.8 cm³/mol. The van der Waals surface area contributed by atoms with E-state index >= 15 is 0 Å². The van der Waals surface area contributed by atoms with E-state index in [1.165, 1.54) is 24.8 Å². The average molecular weight is 282 g/mol. The minimum Gasteiger partial charge on any atom is -0.372 e. The molecule has 1 rings (SSSR count). The molecule has 1 amide bonds. The molecule has 1 heterocycles. The highest BCUT2D eigenvalue weighted by atomic mass is 32.2. The van der Waals surface area contributed by atoms with Gasteiger partial charge in [-0.15, -0.1) is 0 Å². The summed E-state index contributed by atoms with van der Waals surface area (Å²) in [4.78, 5) is 19.9. The van der Waals surface area contributed by atoms with E-state index in [4.69, 9.17) is 0 Å². The lowest BCUT2D eigenvalue weighted by Crippen LogP contribution is -2.25. The Kier molecular flexibility index (Phi) is 7.97. The number of carbonyl (C=O) groups is 1. The van der Waals surface area contributed by atoms with Gasteiger partial charge in [0.2, 0.25) is 0 Å². The quantitative estimate of drug-likeness (QED) is 0.680. The molecule has 0 radical (unpaired) electrons. The van der Waals surface area contributed by atoms with Crippen LogP contribution in [0.25, 0.3) is 0 Å². The highest BCUT2D eigenvalue weighted by Gasteiger charge is 2.07. The topological polar surface area (TPSA) is 66.9 Å². The van der Waals surface area contributed by atoms with Gasteiger partial charge in [-0.1, -0.05) is 12.8 Å². The SMILES string of the molecule is CNc1cncc(C(=O)NCCCCCCSC)n1. The van der Waals surface area contributed by atoms with Gasteiger partial charge in [0.05, 0.1) is 12.4 Å². The molecule has 5 nitrogen and oxygen atoms in total. The lowest BCUT2D eigenvalue weighted by atomic mass is 10.2. The lowest BCUT2D eigenvalue weighted by molar-refractivity contribution is 0.0947. The summed E-state index contributed by atoms with van der Waals surface area (Å²) >= 11 is 1.88. The van der Waals surface area contributed by atoms with Crippen molar-refractivity contribution in [1.29, 1.82) is 0 Å². The normalized spacial score (nSPS) is 10.2. The zero-order valence-corrected chi connectivity index (χ0v) is 12.4. The Labute approximate surface area is 119 Å². The number of amides is 1. The fourth-order valence-corrected chi connectivity index (χ4v) is 2.11. The van der Waals surface area contributed by atoms with Crippen molar-refractivity contribution in [1.82, 2.24) is 15.3 Å². The number of hydrogen-bond acceptors (Lipinski definition) is 5. The second kappa shape index (κ2) is 9.61. The van der Waals surface area contributed by atoms with E-state index in [1.54, 1.807) is 13.2 Å². The Bertz CT molecular complexity index is 387. The summed E-state index contributed by atoms with van der Waals surface area (Å²) in [5.41, 5.74) is 0.356. The number of hydrogen-bond donors (Lipinski definition) is 2. The second-order valence-electron chi connectivity index (χ2n) is 4.20. The highest BCUT2D eigenvalue weighted by molar-refractivity contribution is 7.98. The van der Waals surface area contributed by atoms with Gasteiger partial charge in [-0.3, -0.25) is 9.78 Å². The van der Waals surface area contributed by atoms with E-state index in [-0.39, 0.29) is 5.91 Å². The van der Waals surface area contributed by atoms with Gasteiger partial charge in [-0.2, -0.15) is 11.8 Å². The predicted octanol–water partition coefficient (Wildman–Crippen LogP) is 2.17. The third-order valence-corrected chi connectivity index (χ3v) is 3.38. The Balaban J connectivity index is 2.20. The van der Waals surface area contributed by atoms with Crippen molar-refractivity contribution < 1.29 is 4.79 Å². The van der Waals surface area contributed by atoms with Crippen molar-refractivity contribution in [3.8, 4) is 0 Å². The summed E-state index contributed by atoms with van der Waals surface area (Å²) in [5.74, 6) is 1.66. The molecular formula is C13H22N4OS. The zero-order valence-electron chi connectivity index (χ0n) is 11.6. The van der Waals surface area contributed by atoms with Gasteiger partial charge in [0.15, 0.2) is 0 Å². The van der Waals surface area contributed by atoms with Crippen LogP contribution in [-0.4, -0.2) is 41.5 Å². The molecular weight excluding hydrogens is 260 g/mol. The Morgan fingerprint density at radius 2 is 2.05 bits per heavy atom. The average Bonchev–Trinajstić information content (AvgIpc) is 2.46. The molecule has 0 aliphatic heterocycles. The largest absolute Gasteiger partial charge is 0.372 e. The molecule has 19 heavy (non-hydrogen) atoms. The molecule has 0 saturated carbocycles. The molecule has 6 heteroatoms. The molecule has 0 aromatic carbocycles. The van der Waals surface area contributed by atoms with Crippen LogP contribution in [0.3, 0.4) is 0 Å². The molecule has 0 atom stereocenters. The monoisotopic (exact) mass is 282 g/mol. The van der Waals surface area contributed by atoms with Crippen molar-refractivity contribution in [3.05, 3.63) is 18.1 Å². The van der Waals surface area contributed by atoms with Crippen LogP contribution in [-0.2, 0) is 0 Å². The summed E-state index contributed by atoms with van der Waals surface area (Å²) < 4.78 is 0. The summed E-state index contributed by atoms with van der Waals surface area (Å²) in [6.45, 7) is 0.698. The maximum Gasteiger partial charge on any atom is 0.271 e. The van der Waals surface area contributed by atoms with Gasteiger partial charge in [0, 0.05) is 13.6 Å². The standard InChI is InChI=1S/C13H22N4OS/c1-14-12-10-15-9-11(17-12)13(18)16-7-5-3-4-6-8-19-2/h9-10H,3-8H2,1-2H3,(H,14,17)(H,16,18). The molecule has 1 aromatic rings.